The first-order valence-corrected chi connectivity index (χ1v) is 7.31. The number of fused-ring (bicyclic) bond motifs is 1. The van der Waals surface area contributed by atoms with Crippen molar-refractivity contribution < 1.29 is 4.74 Å². The molecule has 104 valence electrons. The third kappa shape index (κ3) is 2.42. The Labute approximate surface area is 115 Å². The van der Waals surface area contributed by atoms with E-state index in [0.717, 1.165) is 6.61 Å². The fourth-order valence-electron chi connectivity index (χ4n) is 3.80. The lowest BCUT2D eigenvalue weighted by Crippen LogP contribution is -2.41. The van der Waals surface area contributed by atoms with Gasteiger partial charge in [0, 0.05) is 25.7 Å². The van der Waals surface area contributed by atoms with Crippen molar-refractivity contribution in [1.82, 2.24) is 10.2 Å². The lowest BCUT2D eigenvalue weighted by atomic mass is 10.1. The van der Waals surface area contributed by atoms with Gasteiger partial charge in [-0.2, -0.15) is 0 Å². The number of likely N-dealkylation sites (tertiary alicyclic amines) is 1. The molecule has 0 aromatic heterocycles. The smallest absolute Gasteiger partial charge is 0.0503 e. The largest absolute Gasteiger partial charge is 0.384 e. The first-order valence-electron chi connectivity index (χ1n) is 7.31. The third-order valence-electron chi connectivity index (χ3n) is 4.70. The number of nitrogens with one attached hydrogen (secondary N) is 1. The van der Waals surface area contributed by atoms with Crippen molar-refractivity contribution in [2.24, 2.45) is 5.92 Å². The molecular weight excluding hydrogens is 236 g/mol. The predicted octanol–water partition coefficient (Wildman–Crippen LogP) is 1.84. The van der Waals surface area contributed by atoms with Crippen LogP contribution in [0.25, 0.3) is 0 Å². The first-order chi connectivity index (χ1) is 9.33. The van der Waals surface area contributed by atoms with Gasteiger partial charge in [-0.3, -0.25) is 4.90 Å². The maximum Gasteiger partial charge on any atom is 0.0503 e. The fourth-order valence-corrected chi connectivity index (χ4v) is 3.80. The summed E-state index contributed by atoms with van der Waals surface area (Å²) in [5.74, 6) is 0.714. The van der Waals surface area contributed by atoms with Gasteiger partial charge in [0.1, 0.15) is 0 Å². The van der Waals surface area contributed by atoms with Crippen LogP contribution in [-0.4, -0.2) is 44.8 Å². The van der Waals surface area contributed by atoms with Gasteiger partial charge in [0.2, 0.25) is 0 Å². The van der Waals surface area contributed by atoms with E-state index in [0.29, 0.717) is 18.0 Å². The molecule has 2 aliphatic rings. The molecule has 19 heavy (non-hydrogen) atoms. The Morgan fingerprint density at radius 3 is 3.00 bits per heavy atom. The van der Waals surface area contributed by atoms with Gasteiger partial charge >= 0.3 is 0 Å². The quantitative estimate of drug-likeness (QED) is 0.894. The Bertz CT molecular complexity index is 435. The molecule has 0 amide bonds. The Morgan fingerprint density at radius 1 is 1.37 bits per heavy atom. The van der Waals surface area contributed by atoms with Crippen LogP contribution in [0.3, 0.4) is 0 Å². The van der Waals surface area contributed by atoms with Crippen molar-refractivity contribution in [3.8, 4) is 0 Å². The van der Waals surface area contributed by atoms with Crippen LogP contribution in [0.2, 0.25) is 0 Å². The zero-order chi connectivity index (χ0) is 13.2. The summed E-state index contributed by atoms with van der Waals surface area (Å²) in [7, 11) is 3.90. The summed E-state index contributed by atoms with van der Waals surface area (Å²) in [5.41, 5.74) is 3.01. The molecule has 3 nitrogen and oxygen atoms in total. The highest BCUT2D eigenvalue weighted by Gasteiger charge is 2.38. The zero-order valence-corrected chi connectivity index (χ0v) is 11.9. The second kappa shape index (κ2) is 5.61. The molecule has 0 saturated carbocycles. The SMILES string of the molecule is CNC1c2ccccc2CC1N1CCC(COC)C1. The number of nitrogens with zero attached hydrogens (tertiary/aromatic N) is 1. The predicted molar refractivity (Wildman–Crippen MR) is 77.3 cm³/mol. The van der Waals surface area contributed by atoms with Gasteiger partial charge in [-0.15, -0.1) is 0 Å². The number of hydrogen-bond donors (Lipinski definition) is 1. The maximum absolute atomic E-state index is 5.31. The van der Waals surface area contributed by atoms with Gasteiger partial charge in [0.05, 0.1) is 6.61 Å². The van der Waals surface area contributed by atoms with Crippen molar-refractivity contribution in [2.75, 3.05) is 33.9 Å². The minimum Gasteiger partial charge on any atom is -0.384 e. The summed E-state index contributed by atoms with van der Waals surface area (Å²) >= 11 is 0. The van der Waals surface area contributed by atoms with E-state index in [1.807, 2.05) is 7.11 Å². The first kappa shape index (κ1) is 13.1. The molecule has 3 heteroatoms. The molecular formula is C16H24N2O. The molecule has 3 rings (SSSR count). The van der Waals surface area contributed by atoms with Gasteiger partial charge in [0.15, 0.2) is 0 Å². The Morgan fingerprint density at radius 2 is 2.21 bits per heavy atom. The number of methoxy groups -OCH3 is 1. The summed E-state index contributed by atoms with van der Waals surface area (Å²) in [5, 5.41) is 3.52. The molecule has 1 aliphatic heterocycles. The zero-order valence-electron chi connectivity index (χ0n) is 11.9. The highest BCUT2D eigenvalue weighted by atomic mass is 16.5. The van der Waals surface area contributed by atoms with Crippen LogP contribution in [0.5, 0.6) is 0 Å². The van der Waals surface area contributed by atoms with Gasteiger partial charge in [0.25, 0.3) is 0 Å². The number of ether oxygens (including phenoxy) is 1. The van der Waals surface area contributed by atoms with E-state index in [-0.39, 0.29) is 0 Å². The summed E-state index contributed by atoms with van der Waals surface area (Å²) < 4.78 is 5.31. The summed E-state index contributed by atoms with van der Waals surface area (Å²) in [4.78, 5) is 2.66. The third-order valence-corrected chi connectivity index (χ3v) is 4.70. The van der Waals surface area contributed by atoms with E-state index >= 15 is 0 Å². The number of hydrogen-bond acceptors (Lipinski definition) is 3. The van der Waals surface area contributed by atoms with Gasteiger partial charge < -0.3 is 10.1 Å². The van der Waals surface area contributed by atoms with E-state index in [9.17, 15) is 0 Å². The van der Waals surface area contributed by atoms with Crippen LogP contribution in [0.15, 0.2) is 24.3 Å². The molecule has 1 aliphatic carbocycles. The monoisotopic (exact) mass is 260 g/mol. The van der Waals surface area contributed by atoms with Crippen molar-refractivity contribution in [3.63, 3.8) is 0 Å². The van der Waals surface area contributed by atoms with Crippen LogP contribution in [0.4, 0.5) is 0 Å². The van der Waals surface area contributed by atoms with Crippen molar-refractivity contribution >= 4 is 0 Å². The molecule has 0 spiro atoms. The highest BCUT2D eigenvalue weighted by Crippen LogP contribution is 2.36. The lowest BCUT2D eigenvalue weighted by molar-refractivity contribution is 0.142. The minimum atomic E-state index is 0.484. The van der Waals surface area contributed by atoms with E-state index in [2.05, 4.69) is 41.5 Å². The number of benzene rings is 1. The molecule has 3 unspecified atom stereocenters. The van der Waals surface area contributed by atoms with E-state index in [4.69, 9.17) is 4.74 Å². The molecule has 1 saturated heterocycles. The number of likely N-dealkylation sites (N-methyl/N-ethyl adjacent to an activating group) is 1. The molecule has 0 radical (unpaired) electrons. The molecule has 3 atom stereocenters. The Hall–Kier alpha value is -0.900. The normalized spacial score (nSPS) is 30.7. The van der Waals surface area contributed by atoms with Crippen LogP contribution in [0, 0.1) is 5.92 Å². The molecule has 1 N–H and O–H groups in total. The van der Waals surface area contributed by atoms with Crippen LogP contribution >= 0.6 is 0 Å². The lowest BCUT2D eigenvalue weighted by Gasteiger charge is -2.29. The average molecular weight is 260 g/mol. The Balaban J connectivity index is 1.73. The van der Waals surface area contributed by atoms with Crippen molar-refractivity contribution in [1.29, 1.82) is 0 Å². The van der Waals surface area contributed by atoms with E-state index in [1.54, 1.807) is 0 Å². The minimum absolute atomic E-state index is 0.484. The van der Waals surface area contributed by atoms with Gasteiger partial charge in [-0.25, -0.2) is 0 Å². The van der Waals surface area contributed by atoms with Crippen molar-refractivity contribution in [2.45, 2.75) is 24.9 Å². The van der Waals surface area contributed by atoms with Gasteiger partial charge in [-0.05, 0) is 43.5 Å². The van der Waals surface area contributed by atoms with Crippen molar-refractivity contribution in [3.05, 3.63) is 35.4 Å². The standard InChI is InChI=1S/C16H24N2O/c1-17-16-14-6-4-3-5-13(14)9-15(16)18-8-7-12(10-18)11-19-2/h3-6,12,15-17H,7-11H2,1-2H3. The molecule has 1 aromatic rings. The summed E-state index contributed by atoms with van der Waals surface area (Å²) in [6.07, 6.45) is 2.46. The fraction of sp³-hybridized carbons (Fsp3) is 0.625. The van der Waals surface area contributed by atoms with Crippen LogP contribution in [-0.2, 0) is 11.2 Å². The molecule has 1 fully saturated rings. The topological polar surface area (TPSA) is 24.5 Å². The maximum atomic E-state index is 5.31. The second-order valence-electron chi connectivity index (χ2n) is 5.84. The van der Waals surface area contributed by atoms with Crippen LogP contribution < -0.4 is 5.32 Å². The summed E-state index contributed by atoms with van der Waals surface area (Å²) in [6.45, 7) is 3.30. The molecule has 0 bridgehead atoms. The second-order valence-corrected chi connectivity index (χ2v) is 5.84. The van der Waals surface area contributed by atoms with E-state index < -0.39 is 0 Å². The highest BCUT2D eigenvalue weighted by molar-refractivity contribution is 5.37. The molecule has 1 aromatic carbocycles. The summed E-state index contributed by atoms with van der Waals surface area (Å²) in [6, 6.07) is 9.97. The average Bonchev–Trinajstić information content (AvgIpc) is 3.02. The van der Waals surface area contributed by atoms with Crippen LogP contribution in [0.1, 0.15) is 23.6 Å². The van der Waals surface area contributed by atoms with Gasteiger partial charge in [-0.1, -0.05) is 24.3 Å². The number of rotatable bonds is 4. The Kier molecular flexibility index (Phi) is 3.87. The van der Waals surface area contributed by atoms with E-state index in [1.165, 1.54) is 37.1 Å². The molecule has 1 heterocycles.